The van der Waals surface area contributed by atoms with E-state index in [0.717, 1.165) is 5.69 Å². The molecule has 1 aromatic carbocycles. The Morgan fingerprint density at radius 2 is 2.15 bits per heavy atom. The largest absolute Gasteiger partial charge is 0.473 e. The topological polar surface area (TPSA) is 34.1 Å². The van der Waals surface area contributed by atoms with E-state index in [9.17, 15) is 4.39 Å². The van der Waals surface area contributed by atoms with Crippen molar-refractivity contribution in [3.63, 3.8) is 0 Å². The molecular formula is C15H16ClFN2O. The summed E-state index contributed by atoms with van der Waals surface area (Å²) in [5.41, 5.74) is 1.44. The maximum absolute atomic E-state index is 13.2. The first-order chi connectivity index (χ1) is 9.56. The third kappa shape index (κ3) is 3.84. The highest BCUT2D eigenvalue weighted by Gasteiger charge is 2.08. The normalized spacial score (nSPS) is 10.7. The predicted molar refractivity (Wildman–Crippen MR) is 78.7 cm³/mol. The van der Waals surface area contributed by atoms with Gasteiger partial charge in [-0.25, -0.2) is 9.37 Å². The Bertz CT molecular complexity index is 590. The van der Waals surface area contributed by atoms with Crippen LogP contribution in [0.2, 0.25) is 5.02 Å². The minimum atomic E-state index is -0.309. The lowest BCUT2D eigenvalue weighted by molar-refractivity contribution is 0.234. The Morgan fingerprint density at radius 3 is 2.90 bits per heavy atom. The lowest BCUT2D eigenvalue weighted by Crippen LogP contribution is -2.10. The number of hydrogen-bond donors (Lipinski definition) is 1. The van der Waals surface area contributed by atoms with E-state index in [0.29, 0.717) is 23.0 Å². The molecule has 2 rings (SSSR count). The second-order valence-corrected chi connectivity index (χ2v) is 5.02. The lowest BCUT2D eigenvalue weighted by atomic mass is 10.2. The number of halogens is 2. The number of aromatic nitrogens is 1. The van der Waals surface area contributed by atoms with Gasteiger partial charge in [0.1, 0.15) is 5.82 Å². The number of pyridine rings is 1. The van der Waals surface area contributed by atoms with Gasteiger partial charge in [0.2, 0.25) is 5.88 Å². The van der Waals surface area contributed by atoms with E-state index in [2.05, 4.69) is 10.3 Å². The van der Waals surface area contributed by atoms with Gasteiger partial charge >= 0.3 is 0 Å². The summed E-state index contributed by atoms with van der Waals surface area (Å²) >= 11 is 6.03. The molecule has 0 aliphatic carbocycles. The van der Waals surface area contributed by atoms with Crippen LogP contribution < -0.4 is 10.1 Å². The molecule has 20 heavy (non-hydrogen) atoms. The molecule has 0 spiro atoms. The summed E-state index contributed by atoms with van der Waals surface area (Å²) in [4.78, 5) is 4.18. The maximum Gasteiger partial charge on any atom is 0.237 e. The van der Waals surface area contributed by atoms with Gasteiger partial charge in [0, 0.05) is 17.8 Å². The SMILES string of the molecule is CC(C)Oc1ncccc1NCc1cc(F)ccc1Cl. The molecule has 0 aliphatic heterocycles. The van der Waals surface area contributed by atoms with E-state index >= 15 is 0 Å². The minimum absolute atomic E-state index is 0.0307. The number of rotatable bonds is 5. The Hall–Kier alpha value is -1.81. The first kappa shape index (κ1) is 14.6. The van der Waals surface area contributed by atoms with Crippen LogP contribution in [0.5, 0.6) is 5.88 Å². The second kappa shape index (κ2) is 6.57. The predicted octanol–water partition coefficient (Wildman–Crippen LogP) is 4.27. The fourth-order valence-electron chi connectivity index (χ4n) is 1.71. The number of nitrogens with zero attached hydrogens (tertiary/aromatic N) is 1. The molecule has 0 amide bonds. The van der Waals surface area contributed by atoms with Gasteiger partial charge in [-0.05, 0) is 49.7 Å². The lowest BCUT2D eigenvalue weighted by Gasteiger charge is -2.14. The fraction of sp³-hybridized carbons (Fsp3) is 0.267. The van der Waals surface area contributed by atoms with E-state index in [1.54, 1.807) is 12.3 Å². The van der Waals surface area contributed by atoms with Gasteiger partial charge < -0.3 is 10.1 Å². The highest BCUT2D eigenvalue weighted by atomic mass is 35.5. The summed E-state index contributed by atoms with van der Waals surface area (Å²) in [6, 6.07) is 7.96. The van der Waals surface area contributed by atoms with E-state index < -0.39 is 0 Å². The van der Waals surface area contributed by atoms with Crippen LogP contribution >= 0.6 is 11.6 Å². The van der Waals surface area contributed by atoms with Crippen LogP contribution in [0.1, 0.15) is 19.4 Å². The van der Waals surface area contributed by atoms with Gasteiger partial charge in [-0.3, -0.25) is 0 Å². The monoisotopic (exact) mass is 294 g/mol. The van der Waals surface area contributed by atoms with Crippen molar-refractivity contribution in [2.45, 2.75) is 26.5 Å². The molecule has 0 aliphatic rings. The third-order valence-electron chi connectivity index (χ3n) is 2.60. The van der Waals surface area contributed by atoms with Crippen molar-refractivity contribution in [2.24, 2.45) is 0 Å². The van der Waals surface area contributed by atoms with E-state index in [-0.39, 0.29) is 11.9 Å². The van der Waals surface area contributed by atoms with Crippen molar-refractivity contribution in [2.75, 3.05) is 5.32 Å². The highest BCUT2D eigenvalue weighted by Crippen LogP contribution is 2.24. The van der Waals surface area contributed by atoms with Gasteiger partial charge in [0.15, 0.2) is 0 Å². The quantitative estimate of drug-likeness (QED) is 0.894. The van der Waals surface area contributed by atoms with Crippen LogP contribution in [0.15, 0.2) is 36.5 Å². The van der Waals surface area contributed by atoms with E-state index in [1.165, 1.54) is 12.1 Å². The van der Waals surface area contributed by atoms with Gasteiger partial charge in [-0.15, -0.1) is 0 Å². The van der Waals surface area contributed by atoms with Crippen LogP contribution in [-0.4, -0.2) is 11.1 Å². The van der Waals surface area contributed by atoms with Crippen molar-refractivity contribution >= 4 is 17.3 Å². The molecule has 106 valence electrons. The summed E-state index contributed by atoms with van der Waals surface area (Å²) < 4.78 is 18.8. The molecule has 5 heteroatoms. The Balaban J connectivity index is 2.12. The van der Waals surface area contributed by atoms with E-state index in [4.69, 9.17) is 16.3 Å². The molecule has 1 aromatic heterocycles. The van der Waals surface area contributed by atoms with Gasteiger partial charge in [-0.1, -0.05) is 11.6 Å². The average molecular weight is 295 g/mol. The van der Waals surface area contributed by atoms with Crippen molar-refractivity contribution in [1.82, 2.24) is 4.98 Å². The van der Waals surface area contributed by atoms with Crippen LogP contribution in [-0.2, 0) is 6.54 Å². The van der Waals surface area contributed by atoms with Crippen LogP contribution in [0.4, 0.5) is 10.1 Å². The van der Waals surface area contributed by atoms with Crippen molar-refractivity contribution in [3.05, 3.63) is 52.9 Å². The Kier molecular flexibility index (Phi) is 4.79. The van der Waals surface area contributed by atoms with Crippen LogP contribution in [0, 0.1) is 5.82 Å². The molecule has 0 fully saturated rings. The van der Waals surface area contributed by atoms with Gasteiger partial charge in [0.05, 0.1) is 11.8 Å². The molecule has 0 radical (unpaired) electrons. The smallest absolute Gasteiger partial charge is 0.237 e. The Morgan fingerprint density at radius 1 is 1.35 bits per heavy atom. The molecule has 0 saturated carbocycles. The molecule has 0 unspecified atom stereocenters. The number of ether oxygens (including phenoxy) is 1. The standard InChI is InChI=1S/C15H16ClFN2O/c1-10(2)20-15-14(4-3-7-18-15)19-9-11-8-12(17)5-6-13(11)16/h3-8,10,19H,9H2,1-2H3. The molecule has 3 nitrogen and oxygen atoms in total. The summed E-state index contributed by atoms with van der Waals surface area (Å²) in [6.07, 6.45) is 1.70. The zero-order valence-electron chi connectivity index (χ0n) is 11.4. The molecular weight excluding hydrogens is 279 g/mol. The minimum Gasteiger partial charge on any atom is -0.473 e. The van der Waals surface area contributed by atoms with Gasteiger partial charge in [0.25, 0.3) is 0 Å². The third-order valence-corrected chi connectivity index (χ3v) is 2.96. The molecule has 0 saturated heterocycles. The first-order valence-electron chi connectivity index (χ1n) is 6.35. The summed E-state index contributed by atoms with van der Waals surface area (Å²) in [5.74, 6) is 0.214. The first-order valence-corrected chi connectivity index (χ1v) is 6.73. The summed E-state index contributed by atoms with van der Waals surface area (Å²) in [6.45, 7) is 4.26. The molecule has 2 aromatic rings. The van der Waals surface area contributed by atoms with Crippen LogP contribution in [0.25, 0.3) is 0 Å². The number of benzene rings is 1. The van der Waals surface area contributed by atoms with Crippen molar-refractivity contribution in [3.8, 4) is 5.88 Å². The second-order valence-electron chi connectivity index (χ2n) is 4.61. The van der Waals surface area contributed by atoms with Crippen molar-refractivity contribution < 1.29 is 9.13 Å². The fourth-order valence-corrected chi connectivity index (χ4v) is 1.90. The molecule has 1 N–H and O–H groups in total. The number of anilines is 1. The molecule has 0 atom stereocenters. The molecule has 0 bridgehead atoms. The zero-order valence-corrected chi connectivity index (χ0v) is 12.1. The zero-order chi connectivity index (χ0) is 14.5. The average Bonchev–Trinajstić information content (AvgIpc) is 2.41. The van der Waals surface area contributed by atoms with E-state index in [1.807, 2.05) is 26.0 Å². The maximum atomic E-state index is 13.2. The number of hydrogen-bond acceptors (Lipinski definition) is 3. The van der Waals surface area contributed by atoms with Crippen LogP contribution in [0.3, 0.4) is 0 Å². The number of nitrogens with one attached hydrogen (secondary N) is 1. The molecule has 1 heterocycles. The summed E-state index contributed by atoms with van der Waals surface area (Å²) in [5, 5.41) is 3.69. The van der Waals surface area contributed by atoms with Gasteiger partial charge in [-0.2, -0.15) is 0 Å². The highest BCUT2D eigenvalue weighted by molar-refractivity contribution is 6.31. The summed E-state index contributed by atoms with van der Waals surface area (Å²) in [7, 11) is 0. The Labute approximate surface area is 122 Å². The van der Waals surface area contributed by atoms with Crippen molar-refractivity contribution in [1.29, 1.82) is 0 Å².